The fourth-order valence-electron chi connectivity index (χ4n) is 2.71. The number of hydrogen-bond acceptors (Lipinski definition) is 2. The minimum Gasteiger partial charge on any atom is -0.353 e. The van der Waals surface area contributed by atoms with Crippen molar-refractivity contribution in [2.45, 2.75) is 39.2 Å². The first-order valence-corrected chi connectivity index (χ1v) is 7.82. The van der Waals surface area contributed by atoms with Gasteiger partial charge in [0.15, 0.2) is 0 Å². The van der Waals surface area contributed by atoms with Gasteiger partial charge in [-0.2, -0.15) is 0 Å². The lowest BCUT2D eigenvalue weighted by atomic mass is 9.93. The molecule has 1 fully saturated rings. The molecule has 1 aromatic rings. The highest BCUT2D eigenvalue weighted by molar-refractivity contribution is 5.85. The van der Waals surface area contributed by atoms with E-state index in [0.717, 1.165) is 37.9 Å². The molecule has 1 aromatic carbocycles. The monoisotopic (exact) mass is 328 g/mol. The molecule has 1 amide bonds. The molecule has 2 N–H and O–H groups in total. The number of carbonyl (C=O) groups is 1. The number of benzene rings is 1. The molecule has 0 bridgehead atoms. The minimum absolute atomic E-state index is 0. The van der Waals surface area contributed by atoms with Crippen LogP contribution in [-0.4, -0.2) is 25.0 Å². The van der Waals surface area contributed by atoms with Gasteiger partial charge in [-0.3, -0.25) is 4.79 Å². The smallest absolute Gasteiger partial charge is 0.223 e. The van der Waals surface area contributed by atoms with E-state index in [0.29, 0.717) is 5.92 Å². The van der Waals surface area contributed by atoms with Crippen molar-refractivity contribution in [3.63, 3.8) is 0 Å². The van der Waals surface area contributed by atoms with Gasteiger partial charge in [0.25, 0.3) is 0 Å². The Kier molecular flexibility index (Phi) is 7.83. The normalized spacial score (nSPS) is 16.9. The Morgan fingerprint density at radius 2 is 1.86 bits per heavy atom. The van der Waals surface area contributed by atoms with Gasteiger partial charge >= 0.3 is 0 Å². The number of carbonyl (C=O) groups excluding carboxylic acids is 1. The van der Waals surface area contributed by atoms with Crippen LogP contribution in [0, 0.1) is 17.7 Å². The maximum Gasteiger partial charge on any atom is 0.223 e. The predicted molar refractivity (Wildman–Crippen MR) is 89.7 cm³/mol. The van der Waals surface area contributed by atoms with Crippen molar-refractivity contribution in [3.8, 4) is 0 Å². The van der Waals surface area contributed by atoms with E-state index in [1.807, 2.05) is 0 Å². The van der Waals surface area contributed by atoms with E-state index in [2.05, 4.69) is 24.5 Å². The summed E-state index contributed by atoms with van der Waals surface area (Å²) in [6.07, 6.45) is 2.56. The number of amides is 1. The van der Waals surface area contributed by atoms with Crippen molar-refractivity contribution in [1.29, 1.82) is 0 Å². The van der Waals surface area contributed by atoms with Crippen LogP contribution in [0.25, 0.3) is 0 Å². The zero-order valence-electron chi connectivity index (χ0n) is 13.3. The van der Waals surface area contributed by atoms with Crippen LogP contribution in [0.2, 0.25) is 0 Å². The summed E-state index contributed by atoms with van der Waals surface area (Å²) in [6, 6.07) is 6.63. The van der Waals surface area contributed by atoms with Crippen molar-refractivity contribution in [1.82, 2.24) is 10.6 Å². The molecule has 0 spiro atoms. The molecule has 0 aliphatic carbocycles. The van der Waals surface area contributed by atoms with Crippen molar-refractivity contribution in [2.75, 3.05) is 13.1 Å². The molecule has 124 valence electrons. The fourth-order valence-corrected chi connectivity index (χ4v) is 2.71. The van der Waals surface area contributed by atoms with Crippen LogP contribution < -0.4 is 10.6 Å². The number of halogens is 2. The van der Waals surface area contributed by atoms with Gasteiger partial charge < -0.3 is 10.6 Å². The van der Waals surface area contributed by atoms with Crippen LogP contribution in [-0.2, 0) is 11.2 Å². The highest BCUT2D eigenvalue weighted by atomic mass is 35.5. The Morgan fingerprint density at radius 1 is 1.27 bits per heavy atom. The lowest BCUT2D eigenvalue weighted by molar-refractivity contribution is -0.126. The zero-order chi connectivity index (χ0) is 15.2. The van der Waals surface area contributed by atoms with Crippen LogP contribution >= 0.6 is 12.4 Å². The van der Waals surface area contributed by atoms with Gasteiger partial charge in [-0.05, 0) is 56.0 Å². The lowest BCUT2D eigenvalue weighted by Crippen LogP contribution is -2.45. The molecule has 2 rings (SSSR count). The maximum absolute atomic E-state index is 13.0. The van der Waals surface area contributed by atoms with Crippen molar-refractivity contribution in [2.24, 2.45) is 11.8 Å². The summed E-state index contributed by atoms with van der Waals surface area (Å²) in [4.78, 5) is 12.4. The topological polar surface area (TPSA) is 41.1 Å². The molecule has 3 nitrogen and oxygen atoms in total. The second kappa shape index (κ2) is 9.11. The molecule has 0 aromatic heterocycles. The number of piperidine rings is 1. The first-order valence-electron chi connectivity index (χ1n) is 7.82. The molecule has 1 atom stereocenters. The largest absolute Gasteiger partial charge is 0.353 e. The van der Waals surface area contributed by atoms with Gasteiger partial charge in [0, 0.05) is 12.0 Å². The summed E-state index contributed by atoms with van der Waals surface area (Å²) in [5.74, 6) is 0.414. The quantitative estimate of drug-likeness (QED) is 0.872. The summed E-state index contributed by atoms with van der Waals surface area (Å²) in [6.45, 7) is 6.05. The molecule has 1 aliphatic heterocycles. The molecule has 0 radical (unpaired) electrons. The molecular formula is C17H26ClFN2O. The third-order valence-corrected chi connectivity index (χ3v) is 4.21. The molecule has 22 heavy (non-hydrogen) atoms. The van der Waals surface area contributed by atoms with Gasteiger partial charge in [0.05, 0.1) is 0 Å². The number of hydrogen-bond donors (Lipinski definition) is 2. The van der Waals surface area contributed by atoms with Crippen LogP contribution in [0.15, 0.2) is 24.3 Å². The Morgan fingerprint density at radius 3 is 2.41 bits per heavy atom. The third kappa shape index (κ3) is 5.58. The van der Waals surface area contributed by atoms with Gasteiger partial charge in [0.1, 0.15) is 5.82 Å². The molecule has 1 saturated heterocycles. The Labute approximate surface area is 138 Å². The summed E-state index contributed by atoms with van der Waals surface area (Å²) in [5, 5.41) is 6.46. The second-order valence-corrected chi connectivity index (χ2v) is 6.21. The Balaban J connectivity index is 0.00000242. The molecule has 1 heterocycles. The summed E-state index contributed by atoms with van der Waals surface area (Å²) < 4.78 is 13.0. The summed E-state index contributed by atoms with van der Waals surface area (Å²) in [7, 11) is 0. The van der Waals surface area contributed by atoms with Gasteiger partial charge in [-0.1, -0.05) is 26.0 Å². The van der Waals surface area contributed by atoms with Crippen LogP contribution in [0.3, 0.4) is 0 Å². The van der Waals surface area contributed by atoms with Gasteiger partial charge in [-0.25, -0.2) is 4.39 Å². The van der Waals surface area contributed by atoms with Crippen molar-refractivity contribution < 1.29 is 9.18 Å². The average molecular weight is 329 g/mol. The van der Waals surface area contributed by atoms with Gasteiger partial charge in [0.2, 0.25) is 5.91 Å². The standard InChI is InChI=1S/C17H25FN2O.ClH/c1-12(2)16(11-13-3-5-15(18)6-4-13)20-17(21)14-7-9-19-10-8-14;/h3-6,12,14,16,19H,7-11H2,1-2H3,(H,20,21);1H. The Hall–Kier alpha value is -1.13. The predicted octanol–water partition coefficient (Wildman–Crippen LogP) is 2.93. The summed E-state index contributed by atoms with van der Waals surface area (Å²) in [5.41, 5.74) is 1.06. The van der Waals surface area contributed by atoms with Crippen LogP contribution in [0.5, 0.6) is 0 Å². The first kappa shape index (κ1) is 18.9. The van der Waals surface area contributed by atoms with E-state index < -0.39 is 0 Å². The SMILES string of the molecule is CC(C)C(Cc1ccc(F)cc1)NC(=O)C1CCNCC1.Cl. The number of rotatable bonds is 5. The zero-order valence-corrected chi connectivity index (χ0v) is 14.1. The van der Waals surface area contributed by atoms with Crippen LogP contribution in [0.4, 0.5) is 4.39 Å². The third-order valence-electron chi connectivity index (χ3n) is 4.21. The van der Waals surface area contributed by atoms with E-state index in [4.69, 9.17) is 0 Å². The fraction of sp³-hybridized carbons (Fsp3) is 0.588. The van der Waals surface area contributed by atoms with E-state index in [1.54, 1.807) is 12.1 Å². The second-order valence-electron chi connectivity index (χ2n) is 6.21. The molecule has 0 saturated carbocycles. The first-order chi connectivity index (χ1) is 10.1. The molecule has 5 heteroatoms. The number of nitrogens with one attached hydrogen (secondary N) is 2. The van der Waals surface area contributed by atoms with E-state index in [-0.39, 0.29) is 36.1 Å². The Bertz CT molecular complexity index is 458. The van der Waals surface area contributed by atoms with Crippen molar-refractivity contribution in [3.05, 3.63) is 35.6 Å². The van der Waals surface area contributed by atoms with E-state index in [9.17, 15) is 9.18 Å². The van der Waals surface area contributed by atoms with E-state index in [1.165, 1.54) is 12.1 Å². The molecule has 1 aliphatic rings. The van der Waals surface area contributed by atoms with Crippen LogP contribution in [0.1, 0.15) is 32.3 Å². The van der Waals surface area contributed by atoms with Gasteiger partial charge in [-0.15, -0.1) is 12.4 Å². The average Bonchev–Trinajstić information content (AvgIpc) is 2.49. The minimum atomic E-state index is -0.224. The highest BCUT2D eigenvalue weighted by Crippen LogP contribution is 2.15. The molecular weight excluding hydrogens is 303 g/mol. The lowest BCUT2D eigenvalue weighted by Gasteiger charge is -2.27. The molecule has 1 unspecified atom stereocenters. The maximum atomic E-state index is 13.0. The summed E-state index contributed by atoms with van der Waals surface area (Å²) >= 11 is 0. The highest BCUT2D eigenvalue weighted by Gasteiger charge is 2.24. The van der Waals surface area contributed by atoms with Crippen molar-refractivity contribution >= 4 is 18.3 Å². The van der Waals surface area contributed by atoms with E-state index >= 15 is 0 Å².